The molecule has 2 rings (SSSR count). The summed E-state index contributed by atoms with van der Waals surface area (Å²) in [6.45, 7) is 0.437. The van der Waals surface area contributed by atoms with Crippen LogP contribution in [0.15, 0.2) is 23.1 Å². The lowest BCUT2D eigenvalue weighted by Gasteiger charge is -2.03. The van der Waals surface area contributed by atoms with Gasteiger partial charge in [0.1, 0.15) is 5.69 Å². The van der Waals surface area contributed by atoms with Gasteiger partial charge in [-0.1, -0.05) is 5.16 Å². The summed E-state index contributed by atoms with van der Waals surface area (Å²) in [6.07, 6.45) is 3.52. The van der Waals surface area contributed by atoms with Gasteiger partial charge in [0.2, 0.25) is 5.89 Å². The van der Waals surface area contributed by atoms with Gasteiger partial charge in [-0.3, -0.25) is 4.79 Å². The number of nitrogen functional groups attached to an aromatic ring is 1. The number of nitrogens with zero attached hydrogens (tertiary/aromatic N) is 3. The van der Waals surface area contributed by atoms with E-state index in [1.54, 1.807) is 23.9 Å². The van der Waals surface area contributed by atoms with E-state index in [4.69, 9.17) is 10.3 Å². The number of hydrogen-bond acceptors (Lipinski definition) is 5. The van der Waals surface area contributed by atoms with Crippen molar-refractivity contribution in [1.29, 1.82) is 0 Å². The van der Waals surface area contributed by atoms with Gasteiger partial charge < -0.3 is 20.1 Å². The molecule has 0 aliphatic carbocycles. The monoisotopic (exact) mass is 235 g/mol. The molecule has 1 amide bonds. The molecule has 0 spiro atoms. The lowest BCUT2D eigenvalue weighted by atomic mass is 10.3. The Morgan fingerprint density at radius 3 is 3.06 bits per heavy atom. The van der Waals surface area contributed by atoms with Crippen molar-refractivity contribution in [2.24, 2.45) is 7.05 Å². The fourth-order valence-corrected chi connectivity index (χ4v) is 1.50. The summed E-state index contributed by atoms with van der Waals surface area (Å²) in [7, 11) is 1.77. The van der Waals surface area contributed by atoms with Crippen molar-refractivity contribution in [2.45, 2.75) is 6.42 Å². The van der Waals surface area contributed by atoms with E-state index in [-0.39, 0.29) is 5.91 Å². The first kappa shape index (κ1) is 11.2. The van der Waals surface area contributed by atoms with Crippen LogP contribution in [0.2, 0.25) is 0 Å². The highest BCUT2D eigenvalue weighted by molar-refractivity contribution is 5.93. The first-order valence-electron chi connectivity index (χ1n) is 5.12. The smallest absolute Gasteiger partial charge is 0.267 e. The molecule has 0 unspecified atom stereocenters. The van der Waals surface area contributed by atoms with Gasteiger partial charge in [0.25, 0.3) is 5.91 Å². The maximum Gasteiger partial charge on any atom is 0.267 e. The van der Waals surface area contributed by atoms with Crippen LogP contribution in [0.5, 0.6) is 0 Å². The van der Waals surface area contributed by atoms with Crippen molar-refractivity contribution >= 4 is 11.6 Å². The molecular weight excluding hydrogens is 222 g/mol. The molecule has 0 radical (unpaired) electrons. The number of nitrogens with two attached hydrogens (primary N) is 1. The van der Waals surface area contributed by atoms with Crippen molar-refractivity contribution in [3.8, 4) is 0 Å². The second kappa shape index (κ2) is 4.69. The maximum absolute atomic E-state index is 11.8. The molecule has 2 aromatic heterocycles. The van der Waals surface area contributed by atoms with Crippen LogP contribution < -0.4 is 11.1 Å². The Hall–Kier alpha value is -2.31. The summed E-state index contributed by atoms with van der Waals surface area (Å²) in [6, 6.07) is 1.63. The van der Waals surface area contributed by atoms with Crippen molar-refractivity contribution in [2.75, 3.05) is 12.3 Å². The fourth-order valence-electron chi connectivity index (χ4n) is 1.50. The minimum absolute atomic E-state index is 0.177. The van der Waals surface area contributed by atoms with Crippen molar-refractivity contribution in [1.82, 2.24) is 20.0 Å². The number of rotatable bonds is 4. The summed E-state index contributed by atoms with van der Waals surface area (Å²) >= 11 is 0. The molecule has 0 aliphatic heterocycles. The van der Waals surface area contributed by atoms with Gasteiger partial charge in [-0.25, -0.2) is 0 Å². The van der Waals surface area contributed by atoms with Crippen LogP contribution in [0.4, 0.5) is 5.69 Å². The third-order valence-electron chi connectivity index (χ3n) is 2.29. The normalized spacial score (nSPS) is 10.4. The summed E-state index contributed by atoms with van der Waals surface area (Å²) < 4.78 is 6.49. The molecule has 0 saturated carbocycles. The lowest BCUT2D eigenvalue weighted by molar-refractivity contribution is 0.0945. The molecule has 3 N–H and O–H groups in total. The Morgan fingerprint density at radius 1 is 1.65 bits per heavy atom. The maximum atomic E-state index is 11.8. The van der Waals surface area contributed by atoms with Crippen LogP contribution >= 0.6 is 0 Å². The first-order chi connectivity index (χ1) is 8.16. The van der Waals surface area contributed by atoms with E-state index in [9.17, 15) is 4.79 Å². The second-order valence-corrected chi connectivity index (χ2v) is 3.61. The SMILES string of the molecule is Cn1cc(N)cc1C(=O)NCCc1ncno1. The van der Waals surface area contributed by atoms with Gasteiger partial charge in [-0.2, -0.15) is 4.98 Å². The highest BCUT2D eigenvalue weighted by Crippen LogP contribution is 2.08. The number of nitrogens with one attached hydrogen (secondary N) is 1. The molecule has 17 heavy (non-hydrogen) atoms. The minimum atomic E-state index is -0.177. The lowest BCUT2D eigenvalue weighted by Crippen LogP contribution is -2.27. The van der Waals surface area contributed by atoms with Gasteiger partial charge in [-0.05, 0) is 6.07 Å². The number of hydrogen-bond donors (Lipinski definition) is 2. The number of aryl methyl sites for hydroxylation is 1. The fraction of sp³-hybridized carbons (Fsp3) is 0.300. The molecule has 0 aromatic carbocycles. The van der Waals surface area contributed by atoms with Crippen molar-refractivity contribution < 1.29 is 9.32 Å². The van der Waals surface area contributed by atoms with Gasteiger partial charge >= 0.3 is 0 Å². The topological polar surface area (TPSA) is 99.0 Å². The zero-order valence-electron chi connectivity index (χ0n) is 9.38. The molecule has 0 saturated heterocycles. The number of anilines is 1. The summed E-state index contributed by atoms with van der Waals surface area (Å²) in [5, 5.41) is 6.22. The van der Waals surface area contributed by atoms with E-state index in [1.165, 1.54) is 6.33 Å². The number of aromatic nitrogens is 3. The molecule has 0 bridgehead atoms. The van der Waals surface area contributed by atoms with Crippen LogP contribution in [0.1, 0.15) is 16.4 Å². The summed E-state index contributed by atoms with van der Waals surface area (Å²) in [5.74, 6) is 0.320. The van der Waals surface area contributed by atoms with Crippen molar-refractivity contribution in [3.05, 3.63) is 30.2 Å². The van der Waals surface area contributed by atoms with E-state index < -0.39 is 0 Å². The average molecular weight is 235 g/mol. The van der Waals surface area contributed by atoms with E-state index in [1.807, 2.05) is 0 Å². The second-order valence-electron chi connectivity index (χ2n) is 3.61. The standard InChI is InChI=1S/C10H13N5O2/c1-15-5-7(11)4-8(15)10(16)12-3-2-9-13-6-14-17-9/h4-6H,2-3,11H2,1H3,(H,12,16). The quantitative estimate of drug-likeness (QED) is 0.774. The third kappa shape index (κ3) is 2.63. The molecule has 7 nitrogen and oxygen atoms in total. The van der Waals surface area contributed by atoms with Crippen LogP contribution in [0.3, 0.4) is 0 Å². The zero-order chi connectivity index (χ0) is 12.3. The Morgan fingerprint density at radius 2 is 2.47 bits per heavy atom. The molecule has 0 aliphatic rings. The molecule has 2 heterocycles. The molecule has 7 heteroatoms. The van der Waals surface area contributed by atoms with Gasteiger partial charge in [0, 0.05) is 26.2 Å². The largest absolute Gasteiger partial charge is 0.397 e. The molecule has 0 atom stereocenters. The van der Waals surface area contributed by atoms with Crippen molar-refractivity contribution in [3.63, 3.8) is 0 Å². The van der Waals surface area contributed by atoms with Gasteiger partial charge in [0.05, 0.1) is 5.69 Å². The molecule has 90 valence electrons. The van der Waals surface area contributed by atoms with Crippen LogP contribution in [-0.2, 0) is 13.5 Å². The minimum Gasteiger partial charge on any atom is -0.397 e. The first-order valence-corrected chi connectivity index (χ1v) is 5.12. The van der Waals surface area contributed by atoms with Crippen LogP contribution in [0, 0.1) is 0 Å². The Labute approximate surface area is 97.6 Å². The molecule has 0 fully saturated rings. The van der Waals surface area contributed by atoms with Gasteiger partial charge in [0.15, 0.2) is 6.33 Å². The Bertz CT molecular complexity index is 503. The highest BCUT2D eigenvalue weighted by Gasteiger charge is 2.10. The average Bonchev–Trinajstić information content (AvgIpc) is 2.88. The predicted octanol–water partition coefficient (Wildman–Crippen LogP) is -0.0372. The van der Waals surface area contributed by atoms with Gasteiger partial charge in [-0.15, -0.1) is 0 Å². The number of carbonyl (C=O) groups is 1. The van der Waals surface area contributed by atoms with Crippen LogP contribution in [0.25, 0.3) is 0 Å². The van der Waals surface area contributed by atoms with Crippen LogP contribution in [-0.4, -0.2) is 27.2 Å². The molecular formula is C10H13N5O2. The van der Waals surface area contributed by atoms with E-state index in [0.717, 1.165) is 0 Å². The number of amides is 1. The summed E-state index contributed by atoms with van der Waals surface area (Å²) in [5.41, 5.74) is 6.67. The van der Waals surface area contributed by atoms with E-state index in [2.05, 4.69) is 15.5 Å². The Balaban J connectivity index is 1.87. The summed E-state index contributed by atoms with van der Waals surface area (Å²) in [4.78, 5) is 15.6. The van der Waals surface area contributed by atoms with E-state index >= 15 is 0 Å². The third-order valence-corrected chi connectivity index (χ3v) is 2.29. The Kier molecular flexibility index (Phi) is 3.08. The van der Waals surface area contributed by atoms with E-state index in [0.29, 0.717) is 30.2 Å². The number of carbonyl (C=O) groups excluding carboxylic acids is 1. The predicted molar refractivity (Wildman–Crippen MR) is 60.2 cm³/mol. The molecule has 2 aromatic rings. The zero-order valence-corrected chi connectivity index (χ0v) is 9.38. The highest BCUT2D eigenvalue weighted by atomic mass is 16.5.